The van der Waals surface area contributed by atoms with E-state index in [0.29, 0.717) is 44.4 Å². The molecule has 18 heavy (non-hydrogen) atoms. The molecule has 0 aromatic heterocycles. The van der Waals surface area contributed by atoms with Gasteiger partial charge in [-0.15, -0.1) is 0 Å². The molecule has 108 valence electrons. The van der Waals surface area contributed by atoms with E-state index in [1.54, 1.807) is 0 Å². The van der Waals surface area contributed by atoms with E-state index in [1.165, 1.54) is 19.3 Å². The maximum absolute atomic E-state index is 9.81. The summed E-state index contributed by atoms with van der Waals surface area (Å²) in [5, 5.41) is 13.3. The number of aliphatic hydroxyl groups is 1. The van der Waals surface area contributed by atoms with Crippen LogP contribution in [0.1, 0.15) is 40.0 Å². The Morgan fingerprint density at radius 3 is 2.67 bits per heavy atom. The van der Waals surface area contributed by atoms with Crippen LogP contribution in [0.2, 0.25) is 0 Å². The van der Waals surface area contributed by atoms with Gasteiger partial charge in [0.2, 0.25) is 0 Å². The molecule has 0 aromatic carbocycles. The second-order valence-electron chi connectivity index (χ2n) is 5.77. The minimum absolute atomic E-state index is 0.357. The van der Waals surface area contributed by atoms with Gasteiger partial charge in [0.05, 0.1) is 25.9 Å². The van der Waals surface area contributed by atoms with Gasteiger partial charge in [-0.1, -0.05) is 20.3 Å². The van der Waals surface area contributed by atoms with Crippen LogP contribution in [0.15, 0.2) is 0 Å². The lowest BCUT2D eigenvalue weighted by atomic mass is 9.87. The zero-order chi connectivity index (χ0) is 13.4. The quantitative estimate of drug-likeness (QED) is 0.617. The molecule has 0 radical (unpaired) electrons. The van der Waals surface area contributed by atoms with E-state index in [4.69, 9.17) is 9.47 Å². The minimum atomic E-state index is -0.428. The van der Waals surface area contributed by atoms with Crippen LogP contribution in [0.3, 0.4) is 0 Å². The van der Waals surface area contributed by atoms with Crippen LogP contribution < -0.4 is 5.32 Å². The van der Waals surface area contributed by atoms with E-state index in [1.807, 2.05) is 6.92 Å². The summed E-state index contributed by atoms with van der Waals surface area (Å²) in [6.07, 6.45) is 3.34. The molecule has 2 unspecified atom stereocenters. The van der Waals surface area contributed by atoms with E-state index in [2.05, 4.69) is 19.2 Å². The third-order valence-electron chi connectivity index (χ3n) is 3.74. The Bertz CT molecular complexity index is 221. The summed E-state index contributed by atoms with van der Waals surface area (Å²) in [7, 11) is 0. The summed E-state index contributed by atoms with van der Waals surface area (Å²) < 4.78 is 10.5. The first kappa shape index (κ1) is 15.9. The molecule has 4 heteroatoms. The van der Waals surface area contributed by atoms with Gasteiger partial charge in [-0.25, -0.2) is 0 Å². The molecule has 0 spiro atoms. The van der Waals surface area contributed by atoms with E-state index in [0.717, 1.165) is 0 Å². The Kier molecular flexibility index (Phi) is 7.15. The molecule has 1 rings (SSSR count). The summed E-state index contributed by atoms with van der Waals surface area (Å²) in [4.78, 5) is 0. The molecule has 0 heterocycles. The molecule has 2 atom stereocenters. The SMILES string of the molecule is CCOCCOCC(O)CNC1CCCC1(C)C. The molecule has 0 bridgehead atoms. The van der Waals surface area contributed by atoms with E-state index in [9.17, 15) is 5.11 Å². The molecule has 1 fully saturated rings. The maximum Gasteiger partial charge on any atom is 0.0897 e. The van der Waals surface area contributed by atoms with Gasteiger partial charge in [-0.05, 0) is 25.2 Å². The predicted octanol–water partition coefficient (Wildman–Crippen LogP) is 1.57. The zero-order valence-electron chi connectivity index (χ0n) is 12.1. The normalized spacial score (nSPS) is 24.3. The minimum Gasteiger partial charge on any atom is -0.389 e. The monoisotopic (exact) mass is 259 g/mol. The smallest absolute Gasteiger partial charge is 0.0897 e. The summed E-state index contributed by atoms with van der Waals surface area (Å²) in [6, 6.07) is 0.524. The van der Waals surface area contributed by atoms with Gasteiger partial charge in [-0.3, -0.25) is 0 Å². The van der Waals surface area contributed by atoms with Gasteiger partial charge in [0.15, 0.2) is 0 Å². The molecule has 4 nitrogen and oxygen atoms in total. The van der Waals surface area contributed by atoms with Crippen molar-refractivity contribution >= 4 is 0 Å². The highest BCUT2D eigenvalue weighted by molar-refractivity contribution is 4.90. The lowest BCUT2D eigenvalue weighted by Crippen LogP contribution is -2.42. The molecule has 0 amide bonds. The van der Waals surface area contributed by atoms with Gasteiger partial charge >= 0.3 is 0 Å². The number of aliphatic hydroxyl groups excluding tert-OH is 1. The van der Waals surface area contributed by atoms with Gasteiger partial charge in [0, 0.05) is 19.2 Å². The van der Waals surface area contributed by atoms with Crippen molar-refractivity contribution in [2.75, 3.05) is 33.0 Å². The average Bonchev–Trinajstić information content (AvgIpc) is 2.65. The lowest BCUT2D eigenvalue weighted by Gasteiger charge is -2.28. The van der Waals surface area contributed by atoms with Crippen molar-refractivity contribution in [2.24, 2.45) is 5.41 Å². The second kappa shape index (κ2) is 8.10. The number of rotatable bonds is 9. The molecular weight excluding hydrogens is 230 g/mol. The van der Waals surface area contributed by atoms with Crippen molar-refractivity contribution in [3.8, 4) is 0 Å². The van der Waals surface area contributed by atoms with E-state index >= 15 is 0 Å². The van der Waals surface area contributed by atoms with Crippen LogP contribution in [0, 0.1) is 5.41 Å². The van der Waals surface area contributed by atoms with Crippen molar-refractivity contribution in [3.05, 3.63) is 0 Å². The Morgan fingerprint density at radius 2 is 2.06 bits per heavy atom. The third kappa shape index (κ3) is 5.65. The Morgan fingerprint density at radius 1 is 1.33 bits per heavy atom. The molecular formula is C14H29NO3. The van der Waals surface area contributed by atoms with Gasteiger partial charge in [0.25, 0.3) is 0 Å². The number of hydrogen-bond donors (Lipinski definition) is 2. The molecule has 1 aliphatic rings. The van der Waals surface area contributed by atoms with Gasteiger partial charge in [-0.2, -0.15) is 0 Å². The fourth-order valence-electron chi connectivity index (χ4n) is 2.52. The number of nitrogens with one attached hydrogen (secondary N) is 1. The van der Waals surface area contributed by atoms with Crippen molar-refractivity contribution in [1.29, 1.82) is 0 Å². The highest BCUT2D eigenvalue weighted by Crippen LogP contribution is 2.36. The first-order chi connectivity index (χ1) is 8.56. The van der Waals surface area contributed by atoms with Crippen LogP contribution >= 0.6 is 0 Å². The molecule has 0 saturated heterocycles. The van der Waals surface area contributed by atoms with Crippen LogP contribution in [-0.2, 0) is 9.47 Å². The van der Waals surface area contributed by atoms with Crippen molar-refractivity contribution < 1.29 is 14.6 Å². The molecule has 1 aliphatic carbocycles. The number of hydrogen-bond acceptors (Lipinski definition) is 4. The Hall–Kier alpha value is -0.160. The topological polar surface area (TPSA) is 50.7 Å². The number of ether oxygens (including phenoxy) is 2. The second-order valence-corrected chi connectivity index (χ2v) is 5.77. The maximum atomic E-state index is 9.81. The van der Waals surface area contributed by atoms with Gasteiger partial charge in [0.1, 0.15) is 0 Å². The molecule has 2 N–H and O–H groups in total. The molecule has 0 aromatic rings. The fourth-order valence-corrected chi connectivity index (χ4v) is 2.52. The summed E-state index contributed by atoms with van der Waals surface area (Å²) in [6.45, 7) is 9.42. The van der Waals surface area contributed by atoms with Crippen molar-refractivity contribution in [2.45, 2.75) is 52.2 Å². The Balaban J connectivity index is 2.04. The lowest BCUT2D eigenvalue weighted by molar-refractivity contribution is 0.00480. The average molecular weight is 259 g/mol. The first-order valence-corrected chi connectivity index (χ1v) is 7.13. The van der Waals surface area contributed by atoms with E-state index < -0.39 is 6.10 Å². The van der Waals surface area contributed by atoms with Gasteiger partial charge < -0.3 is 19.9 Å². The summed E-state index contributed by atoms with van der Waals surface area (Å²) >= 11 is 0. The highest BCUT2D eigenvalue weighted by atomic mass is 16.5. The Labute approximate surface area is 111 Å². The zero-order valence-corrected chi connectivity index (χ0v) is 12.1. The fraction of sp³-hybridized carbons (Fsp3) is 1.00. The molecule has 0 aliphatic heterocycles. The van der Waals surface area contributed by atoms with Crippen LogP contribution in [0.4, 0.5) is 0 Å². The predicted molar refractivity (Wildman–Crippen MR) is 72.7 cm³/mol. The van der Waals surface area contributed by atoms with Crippen molar-refractivity contribution in [3.63, 3.8) is 0 Å². The summed E-state index contributed by atoms with van der Waals surface area (Å²) in [5.74, 6) is 0. The third-order valence-corrected chi connectivity index (χ3v) is 3.74. The highest BCUT2D eigenvalue weighted by Gasteiger charge is 2.34. The van der Waals surface area contributed by atoms with E-state index in [-0.39, 0.29) is 0 Å². The first-order valence-electron chi connectivity index (χ1n) is 7.13. The largest absolute Gasteiger partial charge is 0.389 e. The summed E-state index contributed by atoms with van der Waals surface area (Å²) in [5.41, 5.74) is 0.357. The standard InChI is InChI=1S/C14H29NO3/c1-4-17-8-9-18-11-12(16)10-15-13-6-5-7-14(13,2)3/h12-13,15-16H,4-11H2,1-3H3. The van der Waals surface area contributed by atoms with Crippen molar-refractivity contribution in [1.82, 2.24) is 5.32 Å². The molecule has 1 saturated carbocycles. The van der Waals surface area contributed by atoms with Crippen LogP contribution in [0.25, 0.3) is 0 Å². The van der Waals surface area contributed by atoms with Crippen LogP contribution in [0.5, 0.6) is 0 Å². The van der Waals surface area contributed by atoms with Crippen LogP contribution in [-0.4, -0.2) is 50.2 Å².